The Morgan fingerprint density at radius 1 is 1.20 bits per heavy atom. The first-order valence-electron chi connectivity index (χ1n) is 10.8. The van der Waals surface area contributed by atoms with Crippen LogP contribution in [0, 0.1) is 12.3 Å². The number of likely N-dealkylation sites (tertiary alicyclic amines) is 1. The van der Waals surface area contributed by atoms with Crippen LogP contribution in [0.2, 0.25) is 0 Å². The van der Waals surface area contributed by atoms with Gasteiger partial charge in [0, 0.05) is 30.0 Å². The topological polar surface area (TPSA) is 12.5 Å². The molecule has 3 atom stereocenters. The summed E-state index contributed by atoms with van der Waals surface area (Å²) in [5, 5.41) is 2.06. The van der Waals surface area contributed by atoms with Crippen LogP contribution in [-0.2, 0) is 16.7 Å². The molecule has 2 aromatic rings. The number of hydrogen-bond donors (Lipinski definition) is 0. The van der Waals surface area contributed by atoms with Gasteiger partial charge < -0.3 is 4.74 Å². The van der Waals surface area contributed by atoms with Gasteiger partial charge in [0.1, 0.15) is 5.54 Å². The summed E-state index contributed by atoms with van der Waals surface area (Å²) in [6, 6.07) is 11.0. The Bertz CT molecular complexity index is 829. The Balaban J connectivity index is 1.64. The summed E-state index contributed by atoms with van der Waals surface area (Å²) in [5.74, 6) is 0. The SMILES string of the molecule is Cc1ccc(C(C)(N2CCC(CCc3cccs3)(C3CCCO3)C2)C(F)(F)F)cc1. The highest BCUT2D eigenvalue weighted by molar-refractivity contribution is 7.09. The average molecular weight is 438 g/mol. The number of alkyl halides is 3. The quantitative estimate of drug-likeness (QED) is 0.523. The largest absolute Gasteiger partial charge is 0.410 e. The number of hydrogen-bond acceptors (Lipinski definition) is 3. The molecule has 164 valence electrons. The third kappa shape index (κ3) is 3.94. The van der Waals surface area contributed by atoms with Crippen molar-refractivity contribution in [1.82, 2.24) is 4.90 Å². The smallest absolute Gasteiger partial charge is 0.378 e. The molecule has 3 heterocycles. The van der Waals surface area contributed by atoms with Crippen molar-refractivity contribution in [2.24, 2.45) is 5.41 Å². The Hall–Kier alpha value is -1.37. The molecule has 30 heavy (non-hydrogen) atoms. The summed E-state index contributed by atoms with van der Waals surface area (Å²) in [6.07, 6.45) is 0.169. The molecule has 0 bridgehead atoms. The van der Waals surface area contributed by atoms with Crippen LogP contribution in [0.15, 0.2) is 41.8 Å². The second-order valence-corrected chi connectivity index (χ2v) is 10.1. The minimum atomic E-state index is -4.36. The molecule has 2 fully saturated rings. The molecule has 2 aliphatic heterocycles. The molecule has 1 aromatic carbocycles. The van der Waals surface area contributed by atoms with Gasteiger partial charge >= 0.3 is 6.18 Å². The fourth-order valence-electron chi connectivity index (χ4n) is 5.20. The van der Waals surface area contributed by atoms with Crippen LogP contribution in [0.3, 0.4) is 0 Å². The molecule has 0 radical (unpaired) electrons. The number of halogens is 3. The van der Waals surface area contributed by atoms with Gasteiger partial charge in [-0.05, 0) is 63.0 Å². The van der Waals surface area contributed by atoms with Crippen LogP contribution in [-0.4, -0.2) is 36.9 Å². The first-order chi connectivity index (χ1) is 14.2. The van der Waals surface area contributed by atoms with E-state index in [-0.39, 0.29) is 11.5 Å². The molecule has 2 aliphatic rings. The third-order valence-electron chi connectivity index (χ3n) is 7.25. The Labute approximate surface area is 181 Å². The molecule has 4 rings (SSSR count). The summed E-state index contributed by atoms with van der Waals surface area (Å²) >= 11 is 1.72. The predicted molar refractivity (Wildman–Crippen MR) is 115 cm³/mol. The van der Waals surface area contributed by atoms with Gasteiger partial charge in [0.25, 0.3) is 0 Å². The molecule has 3 unspecified atom stereocenters. The average Bonchev–Trinajstić information content (AvgIpc) is 3.47. The molecule has 6 heteroatoms. The van der Waals surface area contributed by atoms with Crippen molar-refractivity contribution in [3.8, 4) is 0 Å². The number of thiophene rings is 1. The maximum Gasteiger partial charge on any atom is 0.410 e. The molecule has 0 aliphatic carbocycles. The normalized spacial score (nSPS) is 27.4. The lowest BCUT2D eigenvalue weighted by Crippen LogP contribution is -2.54. The van der Waals surface area contributed by atoms with E-state index in [1.54, 1.807) is 40.5 Å². The van der Waals surface area contributed by atoms with E-state index >= 15 is 0 Å². The van der Waals surface area contributed by atoms with Gasteiger partial charge in [-0.1, -0.05) is 35.9 Å². The van der Waals surface area contributed by atoms with Crippen LogP contribution >= 0.6 is 11.3 Å². The van der Waals surface area contributed by atoms with Crippen molar-refractivity contribution in [3.63, 3.8) is 0 Å². The van der Waals surface area contributed by atoms with E-state index in [1.807, 2.05) is 13.0 Å². The van der Waals surface area contributed by atoms with Crippen LogP contribution in [0.4, 0.5) is 13.2 Å². The molecule has 0 saturated carbocycles. The zero-order valence-corrected chi connectivity index (χ0v) is 18.5. The Morgan fingerprint density at radius 3 is 2.57 bits per heavy atom. The number of benzene rings is 1. The Morgan fingerprint density at radius 2 is 1.97 bits per heavy atom. The lowest BCUT2D eigenvalue weighted by molar-refractivity contribution is -0.231. The maximum absolute atomic E-state index is 14.5. The van der Waals surface area contributed by atoms with Crippen molar-refractivity contribution in [2.45, 2.75) is 63.8 Å². The van der Waals surface area contributed by atoms with Crippen molar-refractivity contribution >= 4 is 11.3 Å². The van der Waals surface area contributed by atoms with Gasteiger partial charge in [-0.3, -0.25) is 4.90 Å². The second kappa shape index (κ2) is 8.29. The van der Waals surface area contributed by atoms with Crippen molar-refractivity contribution in [2.75, 3.05) is 19.7 Å². The van der Waals surface area contributed by atoms with Crippen LogP contribution < -0.4 is 0 Å². The monoisotopic (exact) mass is 437 g/mol. The fourth-order valence-corrected chi connectivity index (χ4v) is 5.91. The number of nitrogens with zero attached hydrogens (tertiary/aromatic N) is 1. The first kappa shape index (κ1) is 21.8. The number of ether oxygens (including phenoxy) is 1. The van der Waals surface area contributed by atoms with Gasteiger partial charge in [-0.15, -0.1) is 11.3 Å². The van der Waals surface area contributed by atoms with Crippen molar-refractivity contribution in [1.29, 1.82) is 0 Å². The van der Waals surface area contributed by atoms with Gasteiger partial charge in [0.05, 0.1) is 6.10 Å². The predicted octanol–water partition coefficient (Wildman–Crippen LogP) is 6.34. The highest BCUT2D eigenvalue weighted by atomic mass is 32.1. The highest BCUT2D eigenvalue weighted by Crippen LogP contribution is 2.51. The summed E-state index contributed by atoms with van der Waals surface area (Å²) in [5.41, 5.74) is -0.932. The van der Waals surface area contributed by atoms with Gasteiger partial charge in [0.15, 0.2) is 0 Å². The minimum Gasteiger partial charge on any atom is -0.378 e. The van der Waals surface area contributed by atoms with Crippen LogP contribution in [0.1, 0.15) is 48.6 Å². The van der Waals surface area contributed by atoms with Crippen LogP contribution in [0.5, 0.6) is 0 Å². The van der Waals surface area contributed by atoms with E-state index in [9.17, 15) is 13.2 Å². The molecule has 2 saturated heterocycles. The summed E-state index contributed by atoms with van der Waals surface area (Å²) in [7, 11) is 0. The Kier molecular flexibility index (Phi) is 6.03. The molecule has 0 N–H and O–H groups in total. The maximum atomic E-state index is 14.5. The van der Waals surface area contributed by atoms with E-state index in [1.165, 1.54) is 11.8 Å². The van der Waals surface area contributed by atoms with Gasteiger partial charge in [-0.25, -0.2) is 0 Å². The molecule has 0 amide bonds. The second-order valence-electron chi connectivity index (χ2n) is 9.05. The zero-order valence-electron chi connectivity index (χ0n) is 17.7. The number of rotatable bonds is 6. The standard InChI is InChI=1S/C24H30F3NOS/c1-18-7-9-19(10-8-18)22(2,24(25,26)27)28-14-13-23(17-28,21-6-3-15-29-21)12-11-20-5-4-16-30-20/h4-5,7-10,16,21H,3,6,11-15,17H2,1-2H3. The molecule has 1 aromatic heterocycles. The molecular weight excluding hydrogens is 407 g/mol. The van der Waals surface area contributed by atoms with E-state index in [4.69, 9.17) is 4.74 Å². The molecular formula is C24H30F3NOS. The summed E-state index contributed by atoms with van der Waals surface area (Å²) in [6.45, 7) is 4.83. The lowest BCUT2D eigenvalue weighted by Gasteiger charge is -2.43. The fraction of sp³-hybridized carbons (Fsp3) is 0.583. The van der Waals surface area contributed by atoms with Crippen LogP contribution in [0.25, 0.3) is 0 Å². The van der Waals surface area contributed by atoms with E-state index < -0.39 is 11.7 Å². The first-order valence-corrected chi connectivity index (χ1v) is 11.7. The summed E-state index contributed by atoms with van der Waals surface area (Å²) in [4.78, 5) is 2.97. The summed E-state index contributed by atoms with van der Waals surface area (Å²) < 4.78 is 49.6. The minimum absolute atomic E-state index is 0.0537. The number of aryl methyl sites for hydroxylation is 2. The van der Waals surface area contributed by atoms with Crippen molar-refractivity contribution < 1.29 is 17.9 Å². The zero-order chi connectivity index (χ0) is 21.4. The van der Waals surface area contributed by atoms with Crippen molar-refractivity contribution in [3.05, 3.63) is 57.8 Å². The molecule has 2 nitrogen and oxygen atoms in total. The van der Waals surface area contributed by atoms with E-state index in [0.717, 1.165) is 44.3 Å². The van der Waals surface area contributed by atoms with E-state index in [0.29, 0.717) is 18.7 Å². The lowest BCUT2D eigenvalue weighted by atomic mass is 9.75. The van der Waals surface area contributed by atoms with Gasteiger partial charge in [-0.2, -0.15) is 13.2 Å². The molecule has 0 spiro atoms. The van der Waals surface area contributed by atoms with E-state index in [2.05, 4.69) is 11.4 Å². The van der Waals surface area contributed by atoms with Gasteiger partial charge in [0.2, 0.25) is 0 Å². The third-order valence-corrected chi connectivity index (χ3v) is 8.18. The highest BCUT2D eigenvalue weighted by Gasteiger charge is 2.60.